The summed E-state index contributed by atoms with van der Waals surface area (Å²) in [4.78, 5) is 26.5. The third-order valence-electron chi connectivity index (χ3n) is 3.13. The molecule has 0 aliphatic rings. The number of methoxy groups -OCH3 is 1. The Hall–Kier alpha value is -2.61. The smallest absolute Gasteiger partial charge is 0.271 e. The SMILES string of the molecule is COc1ccc([N+](=O)[O-])cc1NC(=O)CSCCc1ccccn1. The van der Waals surface area contributed by atoms with E-state index in [0.29, 0.717) is 11.4 Å². The highest BCUT2D eigenvalue weighted by Crippen LogP contribution is 2.28. The van der Waals surface area contributed by atoms with Crippen molar-refractivity contribution in [2.24, 2.45) is 0 Å². The van der Waals surface area contributed by atoms with E-state index in [0.717, 1.165) is 17.9 Å². The van der Waals surface area contributed by atoms with Gasteiger partial charge in [-0.2, -0.15) is 11.8 Å². The Morgan fingerprint density at radius 3 is 2.88 bits per heavy atom. The van der Waals surface area contributed by atoms with E-state index in [4.69, 9.17) is 4.74 Å². The molecule has 0 bridgehead atoms. The fraction of sp³-hybridized carbons (Fsp3) is 0.250. The van der Waals surface area contributed by atoms with Gasteiger partial charge >= 0.3 is 0 Å². The molecule has 2 aromatic rings. The van der Waals surface area contributed by atoms with Crippen LogP contribution in [-0.4, -0.2) is 34.4 Å². The van der Waals surface area contributed by atoms with Gasteiger partial charge in [-0.25, -0.2) is 0 Å². The molecule has 0 fully saturated rings. The minimum Gasteiger partial charge on any atom is -0.495 e. The van der Waals surface area contributed by atoms with Crippen LogP contribution < -0.4 is 10.1 Å². The van der Waals surface area contributed by atoms with Crippen LogP contribution in [0.4, 0.5) is 11.4 Å². The molecule has 24 heavy (non-hydrogen) atoms. The van der Waals surface area contributed by atoms with Crippen LogP contribution in [-0.2, 0) is 11.2 Å². The number of ether oxygens (including phenoxy) is 1. The number of hydrogen-bond donors (Lipinski definition) is 1. The van der Waals surface area contributed by atoms with Gasteiger partial charge in [0.2, 0.25) is 5.91 Å². The maximum Gasteiger partial charge on any atom is 0.271 e. The van der Waals surface area contributed by atoms with Crippen molar-refractivity contribution in [3.8, 4) is 5.75 Å². The zero-order valence-corrected chi connectivity index (χ0v) is 13.9. The topological polar surface area (TPSA) is 94.4 Å². The zero-order chi connectivity index (χ0) is 17.4. The van der Waals surface area contributed by atoms with Gasteiger partial charge in [0.25, 0.3) is 5.69 Å². The van der Waals surface area contributed by atoms with E-state index in [-0.39, 0.29) is 17.3 Å². The third kappa shape index (κ3) is 5.24. The van der Waals surface area contributed by atoms with Crippen molar-refractivity contribution in [1.29, 1.82) is 0 Å². The second-order valence-corrected chi connectivity index (χ2v) is 5.92. The van der Waals surface area contributed by atoms with Crippen LogP contribution in [0.2, 0.25) is 0 Å². The van der Waals surface area contributed by atoms with E-state index in [1.54, 1.807) is 6.20 Å². The lowest BCUT2D eigenvalue weighted by molar-refractivity contribution is -0.384. The van der Waals surface area contributed by atoms with Gasteiger partial charge in [0.1, 0.15) is 5.75 Å². The monoisotopic (exact) mass is 347 g/mol. The molecule has 126 valence electrons. The third-order valence-corrected chi connectivity index (χ3v) is 4.09. The molecule has 1 aromatic heterocycles. The van der Waals surface area contributed by atoms with Gasteiger partial charge in [-0.15, -0.1) is 0 Å². The van der Waals surface area contributed by atoms with E-state index in [1.807, 2.05) is 18.2 Å². The molecule has 1 heterocycles. The summed E-state index contributed by atoms with van der Waals surface area (Å²) in [6, 6.07) is 9.80. The number of amides is 1. The molecule has 0 atom stereocenters. The molecule has 1 amide bonds. The van der Waals surface area contributed by atoms with E-state index in [1.165, 1.54) is 37.1 Å². The fourth-order valence-corrected chi connectivity index (χ4v) is 2.74. The lowest BCUT2D eigenvalue weighted by Gasteiger charge is -2.09. The maximum absolute atomic E-state index is 12.0. The normalized spacial score (nSPS) is 10.2. The molecule has 0 aliphatic heterocycles. The summed E-state index contributed by atoms with van der Waals surface area (Å²) in [5.41, 5.74) is 1.17. The second-order valence-electron chi connectivity index (χ2n) is 4.81. The zero-order valence-electron chi connectivity index (χ0n) is 13.1. The number of aryl methyl sites for hydroxylation is 1. The Morgan fingerprint density at radius 2 is 2.21 bits per heavy atom. The van der Waals surface area contributed by atoms with Gasteiger partial charge in [-0.3, -0.25) is 19.9 Å². The number of hydrogen-bond acceptors (Lipinski definition) is 6. The summed E-state index contributed by atoms with van der Waals surface area (Å²) in [5.74, 6) is 1.15. The number of nitro groups is 1. The number of benzene rings is 1. The molecule has 8 heteroatoms. The Morgan fingerprint density at radius 1 is 1.38 bits per heavy atom. The van der Waals surface area contributed by atoms with Crippen molar-refractivity contribution in [3.63, 3.8) is 0 Å². The van der Waals surface area contributed by atoms with Crippen LogP contribution in [0.3, 0.4) is 0 Å². The number of pyridine rings is 1. The summed E-state index contributed by atoms with van der Waals surface area (Å²) in [7, 11) is 1.44. The molecule has 0 saturated heterocycles. The maximum atomic E-state index is 12.0. The lowest BCUT2D eigenvalue weighted by atomic mass is 10.2. The molecule has 2 rings (SSSR count). The lowest BCUT2D eigenvalue weighted by Crippen LogP contribution is -2.15. The van der Waals surface area contributed by atoms with Gasteiger partial charge < -0.3 is 10.1 Å². The highest BCUT2D eigenvalue weighted by molar-refractivity contribution is 7.99. The number of carbonyl (C=O) groups is 1. The van der Waals surface area contributed by atoms with Crippen LogP contribution >= 0.6 is 11.8 Å². The minimum atomic E-state index is -0.517. The number of carbonyl (C=O) groups excluding carboxylic acids is 1. The van der Waals surface area contributed by atoms with E-state index in [9.17, 15) is 14.9 Å². The quantitative estimate of drug-likeness (QED) is 0.448. The van der Waals surface area contributed by atoms with Crippen molar-refractivity contribution < 1.29 is 14.5 Å². The van der Waals surface area contributed by atoms with Crippen molar-refractivity contribution >= 4 is 29.0 Å². The Balaban J connectivity index is 1.85. The van der Waals surface area contributed by atoms with Crippen LogP contribution in [0, 0.1) is 10.1 Å². The molecule has 7 nitrogen and oxygen atoms in total. The number of non-ortho nitro benzene ring substituents is 1. The average molecular weight is 347 g/mol. The van der Waals surface area contributed by atoms with Crippen molar-refractivity contribution in [1.82, 2.24) is 4.98 Å². The van der Waals surface area contributed by atoms with Crippen LogP contribution in [0.5, 0.6) is 5.75 Å². The van der Waals surface area contributed by atoms with Crippen molar-refractivity contribution in [2.45, 2.75) is 6.42 Å². The summed E-state index contributed by atoms with van der Waals surface area (Å²) in [6.07, 6.45) is 2.51. The van der Waals surface area contributed by atoms with Crippen LogP contribution in [0.25, 0.3) is 0 Å². The highest BCUT2D eigenvalue weighted by Gasteiger charge is 2.13. The van der Waals surface area contributed by atoms with Gasteiger partial charge in [0.15, 0.2) is 0 Å². The first-order valence-corrected chi connectivity index (χ1v) is 8.35. The van der Waals surface area contributed by atoms with Gasteiger partial charge in [0, 0.05) is 24.0 Å². The van der Waals surface area contributed by atoms with E-state index in [2.05, 4.69) is 10.3 Å². The van der Waals surface area contributed by atoms with E-state index >= 15 is 0 Å². The molecule has 0 unspecified atom stereocenters. The number of nitro benzene ring substituents is 1. The molecule has 1 N–H and O–H groups in total. The molecule has 0 spiro atoms. The molecule has 0 radical (unpaired) electrons. The Bertz CT molecular complexity index is 710. The van der Waals surface area contributed by atoms with Crippen molar-refractivity contribution in [2.75, 3.05) is 23.9 Å². The second kappa shape index (κ2) is 8.88. The first-order chi connectivity index (χ1) is 11.6. The van der Waals surface area contributed by atoms with Gasteiger partial charge in [-0.05, 0) is 30.4 Å². The first kappa shape index (κ1) is 17.7. The number of nitrogens with one attached hydrogen (secondary N) is 1. The fourth-order valence-electron chi connectivity index (χ4n) is 1.98. The Labute approximate surface area is 143 Å². The predicted octanol–water partition coefficient (Wildman–Crippen LogP) is 2.91. The first-order valence-electron chi connectivity index (χ1n) is 7.20. The molecular formula is C16H17N3O4S. The number of rotatable bonds is 8. The van der Waals surface area contributed by atoms with Crippen LogP contribution in [0.1, 0.15) is 5.69 Å². The largest absolute Gasteiger partial charge is 0.495 e. The van der Waals surface area contributed by atoms with Gasteiger partial charge in [-0.1, -0.05) is 6.07 Å². The minimum absolute atomic E-state index is 0.103. The number of aromatic nitrogens is 1. The van der Waals surface area contributed by atoms with Crippen molar-refractivity contribution in [3.05, 3.63) is 58.4 Å². The van der Waals surface area contributed by atoms with Gasteiger partial charge in [0.05, 0.1) is 23.5 Å². The average Bonchev–Trinajstić information content (AvgIpc) is 2.59. The summed E-state index contributed by atoms with van der Waals surface area (Å²) in [6.45, 7) is 0. The van der Waals surface area contributed by atoms with Crippen LogP contribution in [0.15, 0.2) is 42.6 Å². The standard InChI is InChI=1S/C16H17N3O4S/c1-23-15-6-5-13(19(21)22)10-14(15)18-16(20)11-24-9-7-12-4-2-3-8-17-12/h2-6,8,10H,7,9,11H2,1H3,(H,18,20). The molecule has 0 saturated carbocycles. The number of anilines is 1. The summed E-state index contributed by atoms with van der Waals surface area (Å²) in [5, 5.41) is 13.5. The molecule has 1 aromatic carbocycles. The Kier molecular flexibility index (Phi) is 6.56. The molecular weight excluding hydrogens is 330 g/mol. The number of thioether (sulfide) groups is 1. The summed E-state index contributed by atoms with van der Waals surface area (Å²) >= 11 is 1.47. The molecule has 0 aliphatic carbocycles. The summed E-state index contributed by atoms with van der Waals surface area (Å²) < 4.78 is 5.11. The predicted molar refractivity (Wildman–Crippen MR) is 93.5 cm³/mol. The number of nitrogens with zero attached hydrogens (tertiary/aromatic N) is 2. The van der Waals surface area contributed by atoms with E-state index < -0.39 is 4.92 Å². The highest BCUT2D eigenvalue weighted by atomic mass is 32.2.